The second-order valence-electron chi connectivity index (χ2n) is 16.5. The van der Waals surface area contributed by atoms with Gasteiger partial charge in [-0.2, -0.15) is 0 Å². The van der Waals surface area contributed by atoms with E-state index in [9.17, 15) is 19.8 Å². The quantitative estimate of drug-likeness (QED) is 0.0324. The van der Waals surface area contributed by atoms with Gasteiger partial charge in [-0.25, -0.2) is 0 Å². The number of esters is 1. The van der Waals surface area contributed by atoms with E-state index >= 15 is 0 Å². The third kappa shape index (κ3) is 40.4. The molecule has 0 rings (SSSR count). The van der Waals surface area contributed by atoms with E-state index in [1.165, 1.54) is 109 Å². The summed E-state index contributed by atoms with van der Waals surface area (Å²) in [6.45, 7) is 6.34. The zero-order valence-electron chi connectivity index (χ0n) is 37.7. The molecule has 6 heteroatoms. The van der Waals surface area contributed by atoms with Crippen molar-refractivity contribution in [3.8, 4) is 0 Å². The lowest BCUT2D eigenvalue weighted by Crippen LogP contribution is -2.46. The van der Waals surface area contributed by atoms with E-state index < -0.39 is 18.2 Å². The van der Waals surface area contributed by atoms with Crippen molar-refractivity contribution in [2.45, 2.75) is 257 Å². The van der Waals surface area contributed by atoms with E-state index in [1.54, 1.807) is 0 Å². The molecule has 0 saturated heterocycles. The second kappa shape index (κ2) is 44.9. The molecule has 0 saturated carbocycles. The average Bonchev–Trinajstić information content (AvgIpc) is 3.20. The van der Waals surface area contributed by atoms with Crippen molar-refractivity contribution in [2.24, 2.45) is 0 Å². The molecular weight excluding hydrogens is 707 g/mol. The van der Waals surface area contributed by atoms with E-state index in [1.807, 2.05) is 0 Å². The number of nitrogens with one attached hydrogen (secondary N) is 1. The van der Waals surface area contributed by atoms with Gasteiger partial charge in [0.25, 0.3) is 0 Å². The van der Waals surface area contributed by atoms with Gasteiger partial charge in [0.1, 0.15) is 6.10 Å². The fraction of sp³-hybridized carbons (Fsp3) is 0.804. The summed E-state index contributed by atoms with van der Waals surface area (Å²) < 4.78 is 5.90. The second-order valence-corrected chi connectivity index (χ2v) is 16.5. The fourth-order valence-corrected chi connectivity index (χ4v) is 7.21. The average molecular weight is 800 g/mol. The Labute approximate surface area is 353 Å². The molecule has 0 radical (unpaired) electrons. The number of carbonyl (C=O) groups is 2. The first-order chi connectivity index (χ1) is 28.0. The minimum atomic E-state index is -0.794. The summed E-state index contributed by atoms with van der Waals surface area (Å²) in [6.07, 6.45) is 53.2. The molecule has 0 heterocycles. The molecule has 3 atom stereocenters. The summed E-state index contributed by atoms with van der Waals surface area (Å²) in [6, 6.07) is -0.710. The monoisotopic (exact) mass is 800 g/mol. The van der Waals surface area contributed by atoms with Crippen molar-refractivity contribution in [1.82, 2.24) is 5.32 Å². The van der Waals surface area contributed by atoms with Crippen LogP contribution in [0, 0.1) is 0 Å². The lowest BCUT2D eigenvalue weighted by atomic mass is 10.0. The third-order valence-electron chi connectivity index (χ3n) is 10.9. The molecule has 0 aromatic rings. The molecule has 0 spiro atoms. The highest BCUT2D eigenvalue weighted by Crippen LogP contribution is 2.17. The van der Waals surface area contributed by atoms with Gasteiger partial charge in [-0.05, 0) is 77.0 Å². The number of carbonyl (C=O) groups excluding carboxylic acids is 2. The van der Waals surface area contributed by atoms with Crippen LogP contribution in [0.2, 0.25) is 0 Å². The van der Waals surface area contributed by atoms with Gasteiger partial charge in [0.05, 0.1) is 25.2 Å². The standard InChI is InChI=1S/C51H93NO5/c1-4-7-10-13-16-19-22-24-25-26-27-29-32-35-38-41-44-51(56)57-47(42-39-36-33-30-28-23-20-17-14-11-8-5-2)45-50(55)52-48(46-53)49(54)43-40-37-34-31-21-18-15-12-9-6-3/h7,10,16,19,24-25,30,33,47-49,53-54H,4-6,8-9,11-15,17-18,20-23,26-29,31-32,34-46H2,1-3H3,(H,52,55)/b10-7+,19-16+,25-24+,33-30-. The molecule has 6 nitrogen and oxygen atoms in total. The van der Waals surface area contributed by atoms with Crippen LogP contribution in [0.15, 0.2) is 48.6 Å². The van der Waals surface area contributed by atoms with Gasteiger partial charge in [0.2, 0.25) is 5.91 Å². The van der Waals surface area contributed by atoms with Gasteiger partial charge in [-0.1, -0.05) is 198 Å². The molecule has 332 valence electrons. The highest BCUT2D eigenvalue weighted by Gasteiger charge is 2.24. The number of amides is 1. The molecule has 3 N–H and O–H groups in total. The van der Waals surface area contributed by atoms with Crippen LogP contribution in [0.1, 0.15) is 239 Å². The smallest absolute Gasteiger partial charge is 0.306 e. The largest absolute Gasteiger partial charge is 0.462 e. The number of unbranched alkanes of at least 4 members (excludes halogenated alkanes) is 23. The van der Waals surface area contributed by atoms with Gasteiger partial charge >= 0.3 is 5.97 Å². The van der Waals surface area contributed by atoms with Crippen molar-refractivity contribution in [2.75, 3.05) is 6.61 Å². The Morgan fingerprint density at radius 3 is 1.49 bits per heavy atom. The molecule has 0 aromatic heterocycles. The first kappa shape index (κ1) is 54.8. The number of ether oxygens (including phenoxy) is 1. The van der Waals surface area contributed by atoms with Crippen LogP contribution in [-0.2, 0) is 14.3 Å². The molecular formula is C51H93NO5. The van der Waals surface area contributed by atoms with Crippen LogP contribution < -0.4 is 5.32 Å². The molecule has 0 aliphatic carbocycles. The Balaban J connectivity index is 4.61. The summed E-state index contributed by atoms with van der Waals surface area (Å²) in [5, 5.41) is 23.6. The molecule has 0 bridgehead atoms. The molecule has 0 fully saturated rings. The summed E-state index contributed by atoms with van der Waals surface area (Å²) in [5.74, 6) is -0.517. The highest BCUT2D eigenvalue weighted by atomic mass is 16.5. The topological polar surface area (TPSA) is 95.9 Å². The van der Waals surface area contributed by atoms with Crippen molar-refractivity contribution in [3.05, 3.63) is 48.6 Å². The summed E-state index contributed by atoms with van der Waals surface area (Å²) in [5.41, 5.74) is 0. The predicted octanol–water partition coefficient (Wildman–Crippen LogP) is 14.3. The maximum atomic E-state index is 13.1. The number of hydrogen-bond donors (Lipinski definition) is 3. The number of rotatable bonds is 43. The molecule has 57 heavy (non-hydrogen) atoms. The molecule has 1 amide bonds. The maximum Gasteiger partial charge on any atom is 0.306 e. The van der Waals surface area contributed by atoms with Gasteiger partial charge < -0.3 is 20.3 Å². The fourth-order valence-electron chi connectivity index (χ4n) is 7.21. The number of hydrogen-bond acceptors (Lipinski definition) is 5. The zero-order valence-corrected chi connectivity index (χ0v) is 37.7. The Hall–Kier alpha value is -2.18. The van der Waals surface area contributed by atoms with Crippen molar-refractivity contribution in [3.63, 3.8) is 0 Å². The zero-order chi connectivity index (χ0) is 41.7. The van der Waals surface area contributed by atoms with E-state index in [0.29, 0.717) is 19.3 Å². The van der Waals surface area contributed by atoms with Crippen LogP contribution in [0.5, 0.6) is 0 Å². The van der Waals surface area contributed by atoms with Crippen LogP contribution in [0.25, 0.3) is 0 Å². The summed E-state index contributed by atoms with van der Waals surface area (Å²) in [4.78, 5) is 26.0. The first-order valence-corrected chi connectivity index (χ1v) is 24.4. The van der Waals surface area contributed by atoms with Gasteiger partial charge in [-0.3, -0.25) is 9.59 Å². The maximum absolute atomic E-state index is 13.1. The minimum Gasteiger partial charge on any atom is -0.462 e. The van der Waals surface area contributed by atoms with Crippen LogP contribution >= 0.6 is 0 Å². The predicted molar refractivity (Wildman–Crippen MR) is 245 cm³/mol. The Morgan fingerprint density at radius 2 is 0.965 bits per heavy atom. The number of allylic oxidation sites excluding steroid dienone is 8. The van der Waals surface area contributed by atoms with Gasteiger partial charge in [-0.15, -0.1) is 0 Å². The summed E-state index contributed by atoms with van der Waals surface area (Å²) in [7, 11) is 0. The van der Waals surface area contributed by atoms with Crippen molar-refractivity contribution >= 4 is 11.9 Å². The Bertz CT molecular complexity index is 988. The first-order valence-electron chi connectivity index (χ1n) is 24.4. The van der Waals surface area contributed by atoms with E-state index in [0.717, 1.165) is 83.5 Å². The van der Waals surface area contributed by atoms with Crippen LogP contribution in [0.3, 0.4) is 0 Å². The van der Waals surface area contributed by atoms with E-state index in [-0.39, 0.29) is 24.9 Å². The SMILES string of the molecule is CC/C=C/C/C=C/C/C=C/CCCCCCCCC(=O)OC(CCC/C=C\CCCCCCCCC)CC(=O)NC(CO)C(O)CCCCCCCCCCCC. The molecule has 3 unspecified atom stereocenters. The highest BCUT2D eigenvalue weighted by molar-refractivity contribution is 5.77. The lowest BCUT2D eigenvalue weighted by molar-refractivity contribution is -0.151. The van der Waals surface area contributed by atoms with Crippen LogP contribution in [0.4, 0.5) is 0 Å². The Morgan fingerprint density at radius 1 is 0.526 bits per heavy atom. The van der Waals surface area contributed by atoms with E-state index in [2.05, 4.69) is 74.7 Å². The minimum absolute atomic E-state index is 0.0516. The molecule has 0 aliphatic heterocycles. The van der Waals surface area contributed by atoms with Gasteiger partial charge in [0, 0.05) is 6.42 Å². The number of aliphatic hydroxyl groups excluding tert-OH is 2. The van der Waals surface area contributed by atoms with Crippen LogP contribution in [-0.4, -0.2) is 46.9 Å². The summed E-state index contributed by atoms with van der Waals surface area (Å²) >= 11 is 0. The molecule has 0 aliphatic rings. The van der Waals surface area contributed by atoms with Gasteiger partial charge in [0.15, 0.2) is 0 Å². The normalized spacial score (nSPS) is 13.7. The Kier molecular flexibility index (Phi) is 43.2. The lowest BCUT2D eigenvalue weighted by Gasteiger charge is -2.24. The van der Waals surface area contributed by atoms with Crippen molar-refractivity contribution in [1.29, 1.82) is 0 Å². The molecule has 0 aromatic carbocycles. The van der Waals surface area contributed by atoms with Crippen molar-refractivity contribution < 1.29 is 24.5 Å². The van der Waals surface area contributed by atoms with E-state index in [4.69, 9.17) is 4.74 Å². The third-order valence-corrected chi connectivity index (χ3v) is 10.9. The number of aliphatic hydroxyl groups is 2.